The molecular weight excluding hydrogens is 504 g/mol. The minimum absolute atomic E-state index is 0.170. The molecule has 212 valence electrons. The Labute approximate surface area is 243 Å². The SMILES string of the molecule is C1=CCC[C@]23C=C(c4nccc5c4[nH]c4ccccc45)[C@@H]4CCN(CCCC1)C[C@@]41C[C@@]4(/C=C\CCCCN4[C@H]12)O3. The summed E-state index contributed by atoms with van der Waals surface area (Å²) in [7, 11) is 0. The molecule has 5 heteroatoms. The largest absolute Gasteiger partial charge is 0.353 e. The highest BCUT2D eigenvalue weighted by Gasteiger charge is 2.76. The van der Waals surface area contributed by atoms with Gasteiger partial charge in [0.05, 0.1) is 17.3 Å². The zero-order valence-electron chi connectivity index (χ0n) is 24.2. The summed E-state index contributed by atoms with van der Waals surface area (Å²) in [5.74, 6) is 0.490. The van der Waals surface area contributed by atoms with E-state index in [1.54, 1.807) is 0 Å². The summed E-state index contributed by atoms with van der Waals surface area (Å²) >= 11 is 0. The van der Waals surface area contributed by atoms with E-state index in [-0.39, 0.29) is 16.7 Å². The molecule has 7 heterocycles. The number of aromatic amines is 1. The Morgan fingerprint density at radius 3 is 2.76 bits per heavy atom. The van der Waals surface area contributed by atoms with E-state index < -0.39 is 0 Å². The molecule has 6 atom stereocenters. The van der Waals surface area contributed by atoms with Crippen LogP contribution in [0.3, 0.4) is 0 Å². The number of piperidine rings is 1. The summed E-state index contributed by atoms with van der Waals surface area (Å²) in [6.45, 7) is 4.75. The molecule has 0 amide bonds. The van der Waals surface area contributed by atoms with Gasteiger partial charge in [-0.25, -0.2) is 0 Å². The Morgan fingerprint density at radius 2 is 1.78 bits per heavy atom. The van der Waals surface area contributed by atoms with E-state index in [0.29, 0.717) is 12.0 Å². The molecule has 9 rings (SSSR count). The predicted octanol–water partition coefficient (Wildman–Crippen LogP) is 7.22. The Morgan fingerprint density at radius 1 is 0.902 bits per heavy atom. The van der Waals surface area contributed by atoms with Crippen molar-refractivity contribution < 1.29 is 4.74 Å². The number of rotatable bonds is 1. The van der Waals surface area contributed by atoms with Gasteiger partial charge in [0.2, 0.25) is 0 Å². The lowest BCUT2D eigenvalue weighted by molar-refractivity contribution is -0.154. The fourth-order valence-corrected chi connectivity index (χ4v) is 10.2. The quantitative estimate of drug-likeness (QED) is 0.327. The molecule has 1 aromatic carbocycles. The molecule has 41 heavy (non-hydrogen) atoms. The van der Waals surface area contributed by atoms with Crippen LogP contribution in [0.25, 0.3) is 27.4 Å². The smallest absolute Gasteiger partial charge is 0.143 e. The highest BCUT2D eigenvalue weighted by molar-refractivity contribution is 6.09. The van der Waals surface area contributed by atoms with E-state index >= 15 is 0 Å². The van der Waals surface area contributed by atoms with Crippen LogP contribution in [0.2, 0.25) is 0 Å². The van der Waals surface area contributed by atoms with Gasteiger partial charge in [-0.2, -0.15) is 0 Å². The van der Waals surface area contributed by atoms with Crippen LogP contribution in [0.5, 0.6) is 0 Å². The molecule has 1 unspecified atom stereocenters. The van der Waals surface area contributed by atoms with Gasteiger partial charge in [-0.15, -0.1) is 0 Å². The predicted molar refractivity (Wildman–Crippen MR) is 165 cm³/mol. The number of aromatic nitrogens is 2. The number of hydrogen-bond acceptors (Lipinski definition) is 4. The highest BCUT2D eigenvalue weighted by Crippen LogP contribution is 2.70. The maximum Gasteiger partial charge on any atom is 0.143 e. The number of hydrogen-bond donors (Lipinski definition) is 1. The standard InChI is InChI=1S/C36H42N4O/c1-2-5-11-20-39-22-16-29-28(31-32-27(15-19-37-31)26-13-7-8-14-30(26)38-32)23-35(17-9-3-1)33-34(29,25-39)24-36(41-35)18-10-4-6-12-21-40(33)36/h1,3,7-8,10,13-15,18-19,23,29,33,38H,2,4-6,9,11-12,16-17,20-22,24-25H2/b3-1?,18-10-/t29-,33+,34-,35-,36+/m0/s1. The van der Waals surface area contributed by atoms with Gasteiger partial charge in [0, 0.05) is 47.4 Å². The minimum Gasteiger partial charge on any atom is -0.353 e. The van der Waals surface area contributed by atoms with Crippen molar-refractivity contribution in [2.24, 2.45) is 11.3 Å². The van der Waals surface area contributed by atoms with Crippen LogP contribution >= 0.6 is 0 Å². The van der Waals surface area contributed by atoms with Gasteiger partial charge in [-0.05, 0) is 107 Å². The van der Waals surface area contributed by atoms with Crippen LogP contribution in [-0.2, 0) is 4.74 Å². The molecule has 1 aliphatic carbocycles. The molecule has 6 aliphatic rings. The van der Waals surface area contributed by atoms with Gasteiger partial charge in [0.1, 0.15) is 11.3 Å². The number of benzene rings is 1. The third-order valence-corrected chi connectivity index (χ3v) is 11.5. The molecule has 5 aliphatic heterocycles. The lowest BCUT2D eigenvalue weighted by Crippen LogP contribution is -2.65. The maximum absolute atomic E-state index is 7.55. The van der Waals surface area contributed by atoms with Crippen LogP contribution in [-0.4, -0.2) is 63.3 Å². The second-order valence-corrected chi connectivity index (χ2v) is 13.8. The van der Waals surface area contributed by atoms with Crippen LogP contribution in [0.1, 0.15) is 69.9 Å². The number of ether oxygens (including phenoxy) is 1. The zero-order valence-corrected chi connectivity index (χ0v) is 24.2. The Balaban J connectivity index is 1.29. The van der Waals surface area contributed by atoms with Gasteiger partial charge in [0.15, 0.2) is 0 Å². The van der Waals surface area contributed by atoms with E-state index in [1.807, 2.05) is 6.20 Å². The molecule has 5 nitrogen and oxygen atoms in total. The summed E-state index contributed by atoms with van der Waals surface area (Å²) in [4.78, 5) is 14.7. The van der Waals surface area contributed by atoms with E-state index in [1.165, 1.54) is 92.0 Å². The van der Waals surface area contributed by atoms with Crippen molar-refractivity contribution in [2.75, 3.05) is 26.2 Å². The van der Waals surface area contributed by atoms with Gasteiger partial charge in [0.25, 0.3) is 0 Å². The zero-order chi connectivity index (χ0) is 27.1. The lowest BCUT2D eigenvalue weighted by atomic mass is 9.53. The van der Waals surface area contributed by atoms with Crippen molar-refractivity contribution in [2.45, 2.75) is 81.6 Å². The van der Waals surface area contributed by atoms with Crippen LogP contribution in [0.4, 0.5) is 0 Å². The van der Waals surface area contributed by atoms with Crippen molar-refractivity contribution in [3.63, 3.8) is 0 Å². The number of para-hydroxylation sites is 1. The maximum atomic E-state index is 7.55. The van der Waals surface area contributed by atoms with Gasteiger partial charge in [-0.3, -0.25) is 9.88 Å². The van der Waals surface area contributed by atoms with Gasteiger partial charge < -0.3 is 14.6 Å². The first-order chi connectivity index (χ1) is 20.2. The Hall–Kier alpha value is -2.73. The molecule has 1 N–H and O–H groups in total. The molecular formula is C36H42N4O. The summed E-state index contributed by atoms with van der Waals surface area (Å²) in [5.41, 5.74) is 4.61. The van der Waals surface area contributed by atoms with Crippen molar-refractivity contribution >= 4 is 27.4 Å². The third kappa shape index (κ3) is 3.49. The fourth-order valence-electron chi connectivity index (χ4n) is 10.2. The second-order valence-electron chi connectivity index (χ2n) is 13.8. The lowest BCUT2D eigenvalue weighted by Gasteiger charge is -2.59. The molecule has 2 aromatic heterocycles. The first kappa shape index (κ1) is 24.8. The highest BCUT2D eigenvalue weighted by atomic mass is 16.6. The summed E-state index contributed by atoms with van der Waals surface area (Å²) in [6.07, 6.45) is 26.4. The van der Waals surface area contributed by atoms with Crippen molar-refractivity contribution in [1.82, 2.24) is 19.8 Å². The number of H-pyrrole nitrogens is 1. The fraction of sp³-hybridized carbons (Fsp3) is 0.528. The number of fused-ring (bicyclic) bond motifs is 4. The molecule has 0 radical (unpaired) electrons. The van der Waals surface area contributed by atoms with Gasteiger partial charge >= 0.3 is 0 Å². The van der Waals surface area contributed by atoms with Crippen molar-refractivity contribution in [3.05, 3.63) is 72.6 Å². The minimum atomic E-state index is -0.296. The Kier molecular flexibility index (Phi) is 5.53. The normalized spacial score (nSPS) is 39.4. The Bertz CT molecular complexity index is 1600. The second kappa shape index (κ2) is 9.13. The topological polar surface area (TPSA) is 44.4 Å². The molecule has 3 fully saturated rings. The average molecular weight is 547 g/mol. The monoisotopic (exact) mass is 546 g/mol. The van der Waals surface area contributed by atoms with Gasteiger partial charge in [-0.1, -0.05) is 36.4 Å². The van der Waals surface area contributed by atoms with E-state index in [4.69, 9.17) is 9.72 Å². The third-order valence-electron chi connectivity index (χ3n) is 11.5. The van der Waals surface area contributed by atoms with E-state index in [9.17, 15) is 0 Å². The molecule has 0 saturated carbocycles. The first-order valence-electron chi connectivity index (χ1n) is 16.3. The molecule has 1 spiro atoms. The van der Waals surface area contributed by atoms with E-state index in [2.05, 4.69) is 75.5 Å². The average Bonchev–Trinajstić information content (AvgIpc) is 3.55. The van der Waals surface area contributed by atoms with Crippen molar-refractivity contribution in [1.29, 1.82) is 0 Å². The van der Waals surface area contributed by atoms with Crippen LogP contribution in [0.15, 0.2) is 66.9 Å². The molecule has 5 bridgehead atoms. The number of nitrogens with one attached hydrogen (secondary N) is 1. The van der Waals surface area contributed by atoms with Crippen LogP contribution < -0.4 is 0 Å². The molecule has 3 aromatic rings. The van der Waals surface area contributed by atoms with E-state index in [0.717, 1.165) is 31.5 Å². The summed E-state index contributed by atoms with van der Waals surface area (Å²) in [5, 5.41) is 2.58. The summed E-state index contributed by atoms with van der Waals surface area (Å²) < 4.78 is 7.55. The molecule has 3 saturated heterocycles. The summed E-state index contributed by atoms with van der Waals surface area (Å²) in [6, 6.07) is 11.3. The van der Waals surface area contributed by atoms with Crippen LogP contribution in [0, 0.1) is 11.3 Å². The number of pyridine rings is 1. The number of allylic oxidation sites excluding steroid dienone is 4. The first-order valence-corrected chi connectivity index (χ1v) is 16.3. The van der Waals surface area contributed by atoms with Crippen molar-refractivity contribution in [3.8, 4) is 0 Å². The number of nitrogens with zero attached hydrogens (tertiary/aromatic N) is 3.